The largest absolute Gasteiger partial charge is 0.0985 e. The second-order valence-electron chi connectivity index (χ2n) is 7.08. The maximum atomic E-state index is 4.07. The Morgan fingerprint density at radius 3 is 1.89 bits per heavy atom. The summed E-state index contributed by atoms with van der Waals surface area (Å²) in [4.78, 5) is 0. The first-order valence-electron chi connectivity index (χ1n) is 9.37. The van der Waals surface area contributed by atoms with Gasteiger partial charge in [-0.1, -0.05) is 85.5 Å². The Labute approximate surface area is 160 Å². The van der Waals surface area contributed by atoms with Gasteiger partial charge in [-0.05, 0) is 74.7 Å². The van der Waals surface area contributed by atoms with Crippen LogP contribution in [0.5, 0.6) is 0 Å². The van der Waals surface area contributed by atoms with Gasteiger partial charge in [0.05, 0.1) is 0 Å². The van der Waals surface area contributed by atoms with E-state index in [-0.39, 0.29) is 0 Å². The van der Waals surface area contributed by atoms with E-state index in [4.69, 9.17) is 0 Å². The average Bonchev–Trinajstić information content (AvgIpc) is 3.12. The molecule has 1 aliphatic rings. The van der Waals surface area contributed by atoms with Gasteiger partial charge in [0, 0.05) is 0 Å². The van der Waals surface area contributed by atoms with Crippen molar-refractivity contribution in [3.63, 3.8) is 0 Å². The lowest BCUT2D eigenvalue weighted by atomic mass is 9.93. The standard InChI is InChI=1S/C27H20/c1-2-19-15-24(21-11-7-4-8-12-21)18-27-25(19)17-23-14-13-22(16-26(23)27)20-9-5-3-6-10-20/h2-16,18H,1,17H2. The van der Waals surface area contributed by atoms with Gasteiger partial charge in [-0.25, -0.2) is 0 Å². The van der Waals surface area contributed by atoms with E-state index in [1.54, 1.807) is 0 Å². The third-order valence-corrected chi connectivity index (χ3v) is 5.49. The zero-order valence-electron chi connectivity index (χ0n) is 15.2. The monoisotopic (exact) mass is 344 g/mol. The van der Waals surface area contributed by atoms with Crippen molar-refractivity contribution in [2.45, 2.75) is 6.42 Å². The molecular weight excluding hydrogens is 324 g/mol. The quantitative estimate of drug-likeness (QED) is 0.324. The molecule has 0 bridgehead atoms. The zero-order chi connectivity index (χ0) is 18.2. The molecule has 0 aliphatic heterocycles. The number of rotatable bonds is 3. The van der Waals surface area contributed by atoms with Crippen LogP contribution in [0, 0.1) is 0 Å². The molecule has 0 aromatic heterocycles. The molecule has 0 nitrogen and oxygen atoms in total. The molecule has 4 aromatic carbocycles. The van der Waals surface area contributed by atoms with Gasteiger partial charge in [0.1, 0.15) is 0 Å². The molecular formula is C27H20. The van der Waals surface area contributed by atoms with Gasteiger partial charge in [0.2, 0.25) is 0 Å². The Kier molecular flexibility index (Phi) is 3.76. The molecule has 1 aliphatic carbocycles. The number of hydrogen-bond acceptors (Lipinski definition) is 0. The molecule has 27 heavy (non-hydrogen) atoms. The minimum absolute atomic E-state index is 0.982. The second-order valence-corrected chi connectivity index (χ2v) is 7.08. The van der Waals surface area contributed by atoms with Crippen molar-refractivity contribution >= 4 is 6.08 Å². The lowest BCUT2D eigenvalue weighted by Crippen LogP contribution is -1.89. The molecule has 0 saturated carbocycles. The van der Waals surface area contributed by atoms with Gasteiger partial charge >= 0.3 is 0 Å². The van der Waals surface area contributed by atoms with Crippen LogP contribution >= 0.6 is 0 Å². The first-order chi connectivity index (χ1) is 13.3. The molecule has 0 fully saturated rings. The summed E-state index contributed by atoms with van der Waals surface area (Å²) in [7, 11) is 0. The normalized spacial score (nSPS) is 11.7. The predicted octanol–water partition coefficient (Wildman–Crippen LogP) is 7.23. The van der Waals surface area contributed by atoms with Gasteiger partial charge in [0.15, 0.2) is 0 Å². The van der Waals surface area contributed by atoms with Crippen molar-refractivity contribution in [3.05, 3.63) is 114 Å². The smallest absolute Gasteiger partial charge is 0.000749 e. The summed E-state index contributed by atoms with van der Waals surface area (Å²) in [6.07, 6.45) is 2.98. The van der Waals surface area contributed by atoms with Crippen LogP contribution in [0.1, 0.15) is 16.7 Å². The second kappa shape index (κ2) is 6.41. The van der Waals surface area contributed by atoms with E-state index in [9.17, 15) is 0 Å². The predicted molar refractivity (Wildman–Crippen MR) is 116 cm³/mol. The van der Waals surface area contributed by atoms with Gasteiger partial charge in [0.25, 0.3) is 0 Å². The third kappa shape index (κ3) is 2.71. The van der Waals surface area contributed by atoms with Crippen LogP contribution in [0.25, 0.3) is 39.5 Å². The molecule has 0 saturated heterocycles. The van der Waals surface area contributed by atoms with Gasteiger partial charge < -0.3 is 0 Å². The molecule has 0 spiro atoms. The molecule has 0 N–H and O–H groups in total. The maximum Gasteiger partial charge on any atom is -0.000749 e. The van der Waals surface area contributed by atoms with E-state index in [0.717, 1.165) is 6.42 Å². The van der Waals surface area contributed by atoms with E-state index in [1.165, 1.54) is 50.1 Å². The number of benzene rings is 4. The summed E-state index contributed by atoms with van der Waals surface area (Å²) < 4.78 is 0. The summed E-state index contributed by atoms with van der Waals surface area (Å²) in [6.45, 7) is 4.07. The van der Waals surface area contributed by atoms with E-state index >= 15 is 0 Å². The summed E-state index contributed by atoms with van der Waals surface area (Å²) in [6, 6.07) is 32.7. The minimum Gasteiger partial charge on any atom is -0.0985 e. The maximum absolute atomic E-state index is 4.07. The Hall–Kier alpha value is -3.38. The third-order valence-electron chi connectivity index (χ3n) is 5.49. The highest BCUT2D eigenvalue weighted by Crippen LogP contribution is 2.43. The van der Waals surface area contributed by atoms with E-state index in [0.29, 0.717) is 0 Å². The van der Waals surface area contributed by atoms with Crippen LogP contribution in [-0.4, -0.2) is 0 Å². The van der Waals surface area contributed by atoms with E-state index < -0.39 is 0 Å². The molecule has 0 atom stereocenters. The average molecular weight is 344 g/mol. The molecule has 4 aromatic rings. The van der Waals surface area contributed by atoms with Crippen LogP contribution in [-0.2, 0) is 6.42 Å². The van der Waals surface area contributed by atoms with Crippen LogP contribution in [0.2, 0.25) is 0 Å². The molecule has 0 radical (unpaired) electrons. The fourth-order valence-corrected chi connectivity index (χ4v) is 4.09. The van der Waals surface area contributed by atoms with Crippen molar-refractivity contribution in [1.82, 2.24) is 0 Å². The van der Waals surface area contributed by atoms with E-state index in [2.05, 4.69) is 97.6 Å². The fraction of sp³-hybridized carbons (Fsp3) is 0.0370. The van der Waals surface area contributed by atoms with Crippen molar-refractivity contribution in [2.24, 2.45) is 0 Å². The lowest BCUT2D eigenvalue weighted by Gasteiger charge is -2.11. The number of fused-ring (bicyclic) bond motifs is 3. The van der Waals surface area contributed by atoms with Crippen LogP contribution < -0.4 is 0 Å². The van der Waals surface area contributed by atoms with Gasteiger partial charge in [-0.2, -0.15) is 0 Å². The SMILES string of the molecule is C=Cc1cc(-c2ccccc2)cc2c1Cc1ccc(-c3ccccc3)cc1-2. The molecule has 128 valence electrons. The molecule has 5 rings (SSSR count). The lowest BCUT2D eigenvalue weighted by molar-refractivity contribution is 1.25. The highest BCUT2D eigenvalue weighted by atomic mass is 14.3. The summed E-state index contributed by atoms with van der Waals surface area (Å²) in [5.41, 5.74) is 11.8. The minimum atomic E-state index is 0.982. The summed E-state index contributed by atoms with van der Waals surface area (Å²) in [5.74, 6) is 0. The fourth-order valence-electron chi connectivity index (χ4n) is 4.09. The van der Waals surface area contributed by atoms with Gasteiger partial charge in [-0.3, -0.25) is 0 Å². The van der Waals surface area contributed by atoms with Crippen molar-refractivity contribution in [3.8, 4) is 33.4 Å². The van der Waals surface area contributed by atoms with Crippen LogP contribution in [0.4, 0.5) is 0 Å². The highest BCUT2D eigenvalue weighted by Gasteiger charge is 2.22. The molecule has 0 unspecified atom stereocenters. The highest BCUT2D eigenvalue weighted by molar-refractivity contribution is 5.87. The first kappa shape index (κ1) is 15.8. The Morgan fingerprint density at radius 1 is 0.593 bits per heavy atom. The molecule has 0 heteroatoms. The molecule has 0 heterocycles. The zero-order valence-corrected chi connectivity index (χ0v) is 15.2. The van der Waals surface area contributed by atoms with Crippen molar-refractivity contribution in [2.75, 3.05) is 0 Å². The first-order valence-corrected chi connectivity index (χ1v) is 9.37. The topological polar surface area (TPSA) is 0 Å². The Morgan fingerprint density at radius 2 is 1.22 bits per heavy atom. The van der Waals surface area contributed by atoms with Crippen LogP contribution in [0.3, 0.4) is 0 Å². The van der Waals surface area contributed by atoms with Crippen molar-refractivity contribution in [1.29, 1.82) is 0 Å². The van der Waals surface area contributed by atoms with Crippen molar-refractivity contribution < 1.29 is 0 Å². The molecule has 0 amide bonds. The summed E-state index contributed by atoms with van der Waals surface area (Å²) in [5, 5.41) is 0. The number of hydrogen-bond donors (Lipinski definition) is 0. The van der Waals surface area contributed by atoms with Gasteiger partial charge in [-0.15, -0.1) is 0 Å². The van der Waals surface area contributed by atoms with E-state index in [1.807, 2.05) is 6.08 Å². The summed E-state index contributed by atoms with van der Waals surface area (Å²) >= 11 is 0. The Balaban J connectivity index is 1.70. The Bertz CT molecular complexity index is 1140. The van der Waals surface area contributed by atoms with Crippen LogP contribution in [0.15, 0.2) is 97.6 Å².